The van der Waals surface area contributed by atoms with Crippen LogP contribution in [-0.4, -0.2) is 35.4 Å². The Kier molecular flexibility index (Phi) is 5.22. The molecule has 1 aliphatic carbocycles. The second-order valence-corrected chi connectivity index (χ2v) is 4.87. The number of amides is 1. The standard InChI is InChI=1S/C12H23NO3/c1-8(2)13-12(15)9(3)16-11-6-4-10(14)5-7-11/h8-11,14H,4-7H2,1-3H3,(H,13,15). The summed E-state index contributed by atoms with van der Waals surface area (Å²) < 4.78 is 5.68. The minimum absolute atomic E-state index is 0.0545. The van der Waals surface area contributed by atoms with Crippen molar-refractivity contribution in [2.45, 2.75) is 70.8 Å². The normalized spacial score (nSPS) is 27.8. The van der Waals surface area contributed by atoms with Crippen molar-refractivity contribution in [2.24, 2.45) is 0 Å². The SMILES string of the molecule is CC(C)NC(=O)C(C)OC1CCC(O)CC1. The maximum absolute atomic E-state index is 11.6. The van der Waals surface area contributed by atoms with E-state index in [1.807, 2.05) is 13.8 Å². The molecule has 1 rings (SSSR count). The summed E-state index contributed by atoms with van der Waals surface area (Å²) in [5, 5.41) is 12.2. The van der Waals surface area contributed by atoms with Gasteiger partial charge < -0.3 is 15.2 Å². The first-order valence-corrected chi connectivity index (χ1v) is 6.13. The van der Waals surface area contributed by atoms with E-state index in [0.717, 1.165) is 25.7 Å². The lowest BCUT2D eigenvalue weighted by molar-refractivity contribution is -0.137. The number of carbonyl (C=O) groups excluding carboxylic acids is 1. The molecule has 1 saturated carbocycles. The Morgan fingerprint density at radius 2 is 1.81 bits per heavy atom. The van der Waals surface area contributed by atoms with E-state index in [1.54, 1.807) is 6.92 Å². The molecule has 1 atom stereocenters. The number of hydrogen-bond acceptors (Lipinski definition) is 3. The van der Waals surface area contributed by atoms with Crippen LogP contribution in [0.1, 0.15) is 46.5 Å². The van der Waals surface area contributed by atoms with Crippen molar-refractivity contribution in [1.29, 1.82) is 0 Å². The molecule has 0 saturated heterocycles. The fourth-order valence-corrected chi connectivity index (χ4v) is 1.93. The van der Waals surface area contributed by atoms with E-state index in [-0.39, 0.29) is 24.2 Å². The van der Waals surface area contributed by atoms with Gasteiger partial charge in [-0.1, -0.05) is 0 Å². The van der Waals surface area contributed by atoms with Gasteiger partial charge in [0.1, 0.15) is 6.10 Å². The summed E-state index contributed by atoms with van der Waals surface area (Å²) in [4.78, 5) is 11.6. The highest BCUT2D eigenvalue weighted by Crippen LogP contribution is 2.22. The van der Waals surface area contributed by atoms with Crippen molar-refractivity contribution in [3.63, 3.8) is 0 Å². The number of nitrogens with one attached hydrogen (secondary N) is 1. The van der Waals surface area contributed by atoms with Gasteiger partial charge >= 0.3 is 0 Å². The fourth-order valence-electron chi connectivity index (χ4n) is 1.93. The van der Waals surface area contributed by atoms with Crippen molar-refractivity contribution in [1.82, 2.24) is 5.32 Å². The summed E-state index contributed by atoms with van der Waals surface area (Å²) in [5.41, 5.74) is 0. The predicted molar refractivity (Wildman–Crippen MR) is 62.1 cm³/mol. The third kappa shape index (κ3) is 4.49. The van der Waals surface area contributed by atoms with Crippen LogP contribution >= 0.6 is 0 Å². The zero-order chi connectivity index (χ0) is 12.1. The van der Waals surface area contributed by atoms with E-state index in [4.69, 9.17) is 4.74 Å². The van der Waals surface area contributed by atoms with Crippen LogP contribution in [0.4, 0.5) is 0 Å². The quantitative estimate of drug-likeness (QED) is 0.762. The Bertz CT molecular complexity index is 222. The topological polar surface area (TPSA) is 58.6 Å². The average molecular weight is 229 g/mol. The maximum Gasteiger partial charge on any atom is 0.249 e. The molecule has 0 aliphatic heterocycles. The highest BCUT2D eigenvalue weighted by atomic mass is 16.5. The maximum atomic E-state index is 11.6. The molecule has 0 heterocycles. The van der Waals surface area contributed by atoms with Crippen LogP contribution in [0.5, 0.6) is 0 Å². The lowest BCUT2D eigenvalue weighted by atomic mass is 9.95. The van der Waals surface area contributed by atoms with Gasteiger partial charge in [-0.2, -0.15) is 0 Å². The highest BCUT2D eigenvalue weighted by Gasteiger charge is 2.24. The van der Waals surface area contributed by atoms with Gasteiger partial charge in [0.05, 0.1) is 12.2 Å². The first kappa shape index (κ1) is 13.5. The van der Waals surface area contributed by atoms with E-state index < -0.39 is 6.10 Å². The number of aliphatic hydroxyl groups is 1. The Balaban J connectivity index is 2.28. The number of rotatable bonds is 4. The van der Waals surface area contributed by atoms with Gasteiger partial charge in [0.25, 0.3) is 0 Å². The van der Waals surface area contributed by atoms with Crippen LogP contribution < -0.4 is 5.32 Å². The van der Waals surface area contributed by atoms with Gasteiger partial charge in [0, 0.05) is 6.04 Å². The van der Waals surface area contributed by atoms with Crippen molar-refractivity contribution in [3.8, 4) is 0 Å². The van der Waals surface area contributed by atoms with Crippen LogP contribution in [0.25, 0.3) is 0 Å². The number of hydrogen-bond donors (Lipinski definition) is 2. The monoisotopic (exact) mass is 229 g/mol. The Hall–Kier alpha value is -0.610. The fraction of sp³-hybridized carbons (Fsp3) is 0.917. The summed E-state index contributed by atoms with van der Waals surface area (Å²) >= 11 is 0. The molecule has 4 nitrogen and oxygen atoms in total. The molecule has 0 aromatic carbocycles. The summed E-state index contributed by atoms with van der Waals surface area (Å²) in [6.45, 7) is 5.64. The molecule has 2 N–H and O–H groups in total. The van der Waals surface area contributed by atoms with Crippen molar-refractivity contribution in [2.75, 3.05) is 0 Å². The molecule has 1 unspecified atom stereocenters. The molecular formula is C12H23NO3. The van der Waals surface area contributed by atoms with Gasteiger partial charge in [-0.05, 0) is 46.5 Å². The number of aliphatic hydroxyl groups excluding tert-OH is 1. The molecule has 1 amide bonds. The van der Waals surface area contributed by atoms with Gasteiger partial charge in [-0.15, -0.1) is 0 Å². The molecule has 1 fully saturated rings. The third-order valence-electron chi connectivity index (χ3n) is 2.84. The van der Waals surface area contributed by atoms with E-state index in [1.165, 1.54) is 0 Å². The lowest BCUT2D eigenvalue weighted by Gasteiger charge is -2.28. The van der Waals surface area contributed by atoms with Crippen molar-refractivity contribution >= 4 is 5.91 Å². The minimum Gasteiger partial charge on any atom is -0.393 e. The predicted octanol–water partition coefficient (Wildman–Crippen LogP) is 1.22. The first-order valence-electron chi connectivity index (χ1n) is 6.13. The van der Waals surface area contributed by atoms with E-state index in [2.05, 4.69) is 5.32 Å². The van der Waals surface area contributed by atoms with Gasteiger partial charge in [-0.25, -0.2) is 0 Å². The Labute approximate surface area is 97.4 Å². The zero-order valence-corrected chi connectivity index (χ0v) is 10.4. The van der Waals surface area contributed by atoms with Gasteiger partial charge in [0.15, 0.2) is 0 Å². The summed E-state index contributed by atoms with van der Waals surface area (Å²) in [6.07, 6.45) is 2.80. The minimum atomic E-state index is -0.400. The van der Waals surface area contributed by atoms with Crippen LogP contribution in [-0.2, 0) is 9.53 Å². The molecule has 1 aliphatic rings. The molecule has 0 spiro atoms. The van der Waals surface area contributed by atoms with Gasteiger partial charge in [-0.3, -0.25) is 4.79 Å². The highest BCUT2D eigenvalue weighted by molar-refractivity contribution is 5.80. The number of ether oxygens (including phenoxy) is 1. The Morgan fingerprint density at radius 3 is 2.31 bits per heavy atom. The smallest absolute Gasteiger partial charge is 0.249 e. The van der Waals surface area contributed by atoms with E-state index in [0.29, 0.717) is 0 Å². The van der Waals surface area contributed by atoms with Crippen molar-refractivity contribution in [3.05, 3.63) is 0 Å². The van der Waals surface area contributed by atoms with E-state index >= 15 is 0 Å². The molecule has 0 aromatic heterocycles. The molecular weight excluding hydrogens is 206 g/mol. The van der Waals surface area contributed by atoms with Gasteiger partial charge in [0.2, 0.25) is 5.91 Å². The molecule has 0 bridgehead atoms. The average Bonchev–Trinajstić information content (AvgIpc) is 2.20. The summed E-state index contributed by atoms with van der Waals surface area (Å²) in [5.74, 6) is -0.0545. The largest absolute Gasteiger partial charge is 0.393 e. The molecule has 94 valence electrons. The molecule has 0 aromatic rings. The Morgan fingerprint density at radius 1 is 1.25 bits per heavy atom. The first-order chi connectivity index (χ1) is 7.49. The van der Waals surface area contributed by atoms with Crippen LogP contribution in [0.15, 0.2) is 0 Å². The van der Waals surface area contributed by atoms with Crippen molar-refractivity contribution < 1.29 is 14.6 Å². The molecule has 0 radical (unpaired) electrons. The van der Waals surface area contributed by atoms with E-state index in [9.17, 15) is 9.90 Å². The number of carbonyl (C=O) groups is 1. The van der Waals surface area contributed by atoms with Crippen LogP contribution in [0.3, 0.4) is 0 Å². The third-order valence-corrected chi connectivity index (χ3v) is 2.84. The summed E-state index contributed by atoms with van der Waals surface area (Å²) in [6, 6.07) is 0.145. The van der Waals surface area contributed by atoms with Crippen LogP contribution in [0.2, 0.25) is 0 Å². The summed E-state index contributed by atoms with van der Waals surface area (Å²) in [7, 11) is 0. The lowest BCUT2D eigenvalue weighted by Crippen LogP contribution is -2.41. The zero-order valence-electron chi connectivity index (χ0n) is 10.4. The second kappa shape index (κ2) is 6.21. The molecule has 16 heavy (non-hydrogen) atoms. The second-order valence-electron chi connectivity index (χ2n) is 4.87. The van der Waals surface area contributed by atoms with Crippen LogP contribution in [0, 0.1) is 0 Å². The molecule has 4 heteroatoms.